The van der Waals surface area contributed by atoms with E-state index in [1.807, 2.05) is 0 Å². The lowest BCUT2D eigenvalue weighted by molar-refractivity contribution is 0.412. The maximum atomic E-state index is 13.2. The highest BCUT2D eigenvalue weighted by molar-refractivity contribution is 5.57. The minimum Gasteiger partial charge on any atom is -0.494 e. The van der Waals surface area contributed by atoms with E-state index in [4.69, 9.17) is 4.74 Å². The van der Waals surface area contributed by atoms with Gasteiger partial charge in [-0.05, 0) is 37.3 Å². The zero-order valence-electron chi connectivity index (χ0n) is 11.9. The van der Waals surface area contributed by atoms with Crippen LogP contribution in [0.1, 0.15) is 45.4 Å². The normalized spacial score (nSPS) is 23.7. The van der Waals surface area contributed by atoms with Crippen LogP contribution in [0.2, 0.25) is 0 Å². The van der Waals surface area contributed by atoms with Gasteiger partial charge < -0.3 is 10.1 Å². The summed E-state index contributed by atoms with van der Waals surface area (Å²) in [5, 5.41) is 3.52. The number of rotatable bonds is 4. The first-order valence-corrected chi connectivity index (χ1v) is 7.33. The number of hydrogen-bond donors (Lipinski definition) is 1. The molecule has 0 saturated heterocycles. The molecule has 0 radical (unpaired) electrons. The Morgan fingerprint density at radius 1 is 1.26 bits per heavy atom. The maximum Gasteiger partial charge on any atom is 0.144 e. The fourth-order valence-electron chi connectivity index (χ4n) is 2.94. The van der Waals surface area contributed by atoms with Gasteiger partial charge in [0.05, 0.1) is 12.8 Å². The Morgan fingerprint density at radius 2 is 2.11 bits per heavy atom. The molecular weight excluding hydrogens is 241 g/mol. The smallest absolute Gasteiger partial charge is 0.144 e. The lowest BCUT2D eigenvalue weighted by atomic mass is 9.98. The molecule has 19 heavy (non-hydrogen) atoms. The minimum absolute atomic E-state index is 0.255. The van der Waals surface area contributed by atoms with Crippen molar-refractivity contribution in [3.8, 4) is 5.75 Å². The van der Waals surface area contributed by atoms with Crippen LogP contribution in [-0.2, 0) is 0 Å². The first-order valence-electron chi connectivity index (χ1n) is 7.33. The van der Waals surface area contributed by atoms with Crippen LogP contribution in [0.25, 0.3) is 0 Å². The molecule has 1 fully saturated rings. The zero-order valence-corrected chi connectivity index (χ0v) is 11.9. The van der Waals surface area contributed by atoms with E-state index in [2.05, 4.69) is 12.2 Å². The first-order chi connectivity index (χ1) is 9.22. The largest absolute Gasteiger partial charge is 0.494 e. The third-order valence-corrected chi connectivity index (χ3v) is 4.19. The third-order valence-electron chi connectivity index (χ3n) is 4.19. The predicted octanol–water partition coefficient (Wildman–Crippen LogP) is 4.61. The van der Waals surface area contributed by atoms with Gasteiger partial charge in [-0.3, -0.25) is 0 Å². The van der Waals surface area contributed by atoms with Gasteiger partial charge in [0.2, 0.25) is 0 Å². The van der Waals surface area contributed by atoms with E-state index in [0.717, 1.165) is 11.6 Å². The quantitative estimate of drug-likeness (QED) is 0.803. The van der Waals surface area contributed by atoms with E-state index in [1.54, 1.807) is 13.2 Å². The lowest BCUT2D eigenvalue weighted by Crippen LogP contribution is -2.19. The molecule has 1 aliphatic carbocycles. The van der Waals surface area contributed by atoms with Crippen LogP contribution in [0.3, 0.4) is 0 Å². The minimum atomic E-state index is -0.255. The molecule has 0 spiro atoms. The Morgan fingerprint density at radius 3 is 2.84 bits per heavy atom. The van der Waals surface area contributed by atoms with Gasteiger partial charge in [0, 0.05) is 12.1 Å². The molecule has 1 aliphatic rings. The van der Waals surface area contributed by atoms with Crippen LogP contribution in [0.15, 0.2) is 18.2 Å². The molecule has 2 rings (SSSR count). The molecule has 1 aromatic carbocycles. The van der Waals surface area contributed by atoms with Crippen LogP contribution in [0.5, 0.6) is 5.75 Å². The van der Waals surface area contributed by atoms with E-state index in [0.29, 0.717) is 11.8 Å². The lowest BCUT2D eigenvalue weighted by Gasteiger charge is -2.20. The second-order valence-electron chi connectivity index (χ2n) is 5.47. The average molecular weight is 265 g/mol. The molecule has 1 N–H and O–H groups in total. The van der Waals surface area contributed by atoms with E-state index >= 15 is 0 Å². The Hall–Kier alpha value is -1.25. The summed E-state index contributed by atoms with van der Waals surface area (Å²) in [6.07, 6.45) is 7.58. The number of halogens is 1. The molecule has 0 bridgehead atoms. The van der Waals surface area contributed by atoms with Crippen molar-refractivity contribution < 1.29 is 9.13 Å². The van der Waals surface area contributed by atoms with Crippen molar-refractivity contribution in [1.82, 2.24) is 0 Å². The van der Waals surface area contributed by atoms with Crippen molar-refractivity contribution in [1.29, 1.82) is 0 Å². The molecule has 2 nitrogen and oxygen atoms in total. The summed E-state index contributed by atoms with van der Waals surface area (Å²) in [6.45, 7) is 2.28. The van der Waals surface area contributed by atoms with Crippen molar-refractivity contribution in [2.24, 2.45) is 5.92 Å². The Kier molecular flexibility index (Phi) is 5.06. The number of nitrogens with one attached hydrogen (secondary N) is 1. The number of anilines is 1. The highest BCUT2D eigenvalue weighted by atomic mass is 19.1. The average Bonchev–Trinajstić information content (AvgIpc) is 2.66. The van der Waals surface area contributed by atoms with Gasteiger partial charge in [-0.1, -0.05) is 26.2 Å². The second kappa shape index (κ2) is 6.78. The van der Waals surface area contributed by atoms with E-state index < -0.39 is 0 Å². The number of benzene rings is 1. The molecule has 1 aromatic rings. The van der Waals surface area contributed by atoms with Crippen LogP contribution in [0.4, 0.5) is 10.1 Å². The molecule has 0 heterocycles. The third kappa shape index (κ3) is 3.85. The monoisotopic (exact) mass is 265 g/mol. The molecule has 0 aromatic heterocycles. The molecule has 2 atom stereocenters. The Bertz CT molecular complexity index is 408. The van der Waals surface area contributed by atoms with Gasteiger partial charge in [-0.15, -0.1) is 0 Å². The van der Waals surface area contributed by atoms with Gasteiger partial charge in [-0.25, -0.2) is 4.39 Å². The number of hydrogen-bond acceptors (Lipinski definition) is 2. The van der Waals surface area contributed by atoms with Gasteiger partial charge >= 0.3 is 0 Å². The SMILES string of the molecule is CCC1CCCC(Nc2ccc(F)cc2OC)CC1. The van der Waals surface area contributed by atoms with Crippen molar-refractivity contribution in [3.63, 3.8) is 0 Å². The number of methoxy groups -OCH3 is 1. The van der Waals surface area contributed by atoms with Gasteiger partial charge in [0.15, 0.2) is 0 Å². The molecule has 1 saturated carbocycles. The molecule has 106 valence electrons. The highest BCUT2D eigenvalue weighted by Crippen LogP contribution is 2.30. The number of ether oxygens (including phenoxy) is 1. The highest BCUT2D eigenvalue weighted by Gasteiger charge is 2.18. The van der Waals surface area contributed by atoms with Gasteiger partial charge in [0.1, 0.15) is 11.6 Å². The fraction of sp³-hybridized carbons (Fsp3) is 0.625. The standard InChI is InChI=1S/C16H24FNO/c1-3-12-5-4-6-14(9-7-12)18-15-10-8-13(17)11-16(15)19-2/h8,10-12,14,18H,3-7,9H2,1-2H3. The molecule has 0 aliphatic heterocycles. The summed E-state index contributed by atoms with van der Waals surface area (Å²) in [5.74, 6) is 1.22. The topological polar surface area (TPSA) is 21.3 Å². The molecule has 0 amide bonds. The molecular formula is C16H24FNO. The summed E-state index contributed by atoms with van der Waals surface area (Å²) in [7, 11) is 1.58. The van der Waals surface area contributed by atoms with Crippen LogP contribution in [0, 0.1) is 11.7 Å². The van der Waals surface area contributed by atoms with Crippen LogP contribution >= 0.6 is 0 Å². The van der Waals surface area contributed by atoms with E-state index in [1.165, 1.54) is 50.7 Å². The van der Waals surface area contributed by atoms with Gasteiger partial charge in [0.25, 0.3) is 0 Å². The Balaban J connectivity index is 2.00. The summed E-state index contributed by atoms with van der Waals surface area (Å²) >= 11 is 0. The fourth-order valence-corrected chi connectivity index (χ4v) is 2.94. The van der Waals surface area contributed by atoms with Crippen LogP contribution < -0.4 is 10.1 Å². The van der Waals surface area contributed by atoms with Crippen molar-refractivity contribution in [2.45, 2.75) is 51.5 Å². The maximum absolute atomic E-state index is 13.2. The molecule has 2 unspecified atom stereocenters. The second-order valence-corrected chi connectivity index (χ2v) is 5.47. The summed E-state index contributed by atoms with van der Waals surface area (Å²) in [5.41, 5.74) is 0.906. The van der Waals surface area contributed by atoms with Crippen molar-refractivity contribution in [2.75, 3.05) is 12.4 Å². The van der Waals surface area contributed by atoms with E-state index in [9.17, 15) is 4.39 Å². The summed E-state index contributed by atoms with van der Waals surface area (Å²) < 4.78 is 18.4. The molecule has 3 heteroatoms. The van der Waals surface area contributed by atoms with Crippen LogP contribution in [-0.4, -0.2) is 13.2 Å². The Labute approximate surface area is 115 Å². The summed E-state index contributed by atoms with van der Waals surface area (Å²) in [4.78, 5) is 0. The predicted molar refractivity (Wildman–Crippen MR) is 77.2 cm³/mol. The van der Waals surface area contributed by atoms with E-state index in [-0.39, 0.29) is 5.82 Å². The zero-order chi connectivity index (χ0) is 13.7. The summed E-state index contributed by atoms with van der Waals surface area (Å²) in [6, 6.07) is 5.18. The van der Waals surface area contributed by atoms with Crippen molar-refractivity contribution >= 4 is 5.69 Å². The van der Waals surface area contributed by atoms with Gasteiger partial charge in [-0.2, -0.15) is 0 Å². The first kappa shape index (κ1) is 14.2. The van der Waals surface area contributed by atoms with Crippen molar-refractivity contribution in [3.05, 3.63) is 24.0 Å².